The third-order valence-electron chi connectivity index (χ3n) is 4.78. The minimum atomic E-state index is -0.497. The van der Waals surface area contributed by atoms with Crippen molar-refractivity contribution in [3.8, 4) is 10.6 Å². The summed E-state index contributed by atoms with van der Waals surface area (Å²) >= 11 is 1.62. The molecule has 0 aliphatic carbocycles. The van der Waals surface area contributed by atoms with Gasteiger partial charge in [-0.3, -0.25) is 4.79 Å². The molecule has 1 N–H and O–H groups in total. The first-order chi connectivity index (χ1) is 13.8. The van der Waals surface area contributed by atoms with Gasteiger partial charge < -0.3 is 10.1 Å². The summed E-state index contributed by atoms with van der Waals surface area (Å²) in [6.07, 6.45) is 0.0762. The van der Waals surface area contributed by atoms with Gasteiger partial charge in [0.05, 0.1) is 18.0 Å². The molecule has 3 aromatic heterocycles. The van der Waals surface area contributed by atoms with Gasteiger partial charge >= 0.3 is 0 Å². The number of carbonyl (C=O) groups excluding carboxylic acids is 1. The van der Waals surface area contributed by atoms with E-state index in [9.17, 15) is 4.79 Å². The normalized spacial score (nSPS) is 16.1. The first-order valence-electron chi connectivity index (χ1n) is 8.99. The van der Waals surface area contributed by atoms with Gasteiger partial charge in [-0.1, -0.05) is 30.3 Å². The summed E-state index contributed by atoms with van der Waals surface area (Å²) in [5.41, 5.74) is 3.79. The van der Waals surface area contributed by atoms with E-state index in [1.807, 2.05) is 53.9 Å². The summed E-state index contributed by atoms with van der Waals surface area (Å²) in [7, 11) is 0. The molecule has 8 heteroatoms. The number of amides is 1. The Balaban J connectivity index is 1.31. The van der Waals surface area contributed by atoms with E-state index < -0.39 is 6.10 Å². The number of aromatic nitrogens is 4. The number of fused-ring (bicyclic) bond motifs is 2. The zero-order chi connectivity index (χ0) is 18.9. The molecule has 1 unspecified atom stereocenters. The van der Waals surface area contributed by atoms with Crippen LogP contribution >= 0.6 is 11.3 Å². The molecule has 4 aromatic rings. The van der Waals surface area contributed by atoms with Crippen LogP contribution in [0.2, 0.25) is 0 Å². The van der Waals surface area contributed by atoms with E-state index in [-0.39, 0.29) is 12.5 Å². The molecule has 4 heterocycles. The molecule has 1 amide bonds. The molecule has 0 bridgehead atoms. The Bertz CT molecular complexity index is 1140. The highest BCUT2D eigenvalue weighted by Gasteiger charge is 2.25. The number of nitrogens with one attached hydrogen (secondary N) is 1. The van der Waals surface area contributed by atoms with Crippen molar-refractivity contribution in [2.24, 2.45) is 0 Å². The largest absolute Gasteiger partial charge is 0.363 e. The first-order valence-corrected chi connectivity index (χ1v) is 9.87. The predicted molar refractivity (Wildman–Crippen MR) is 105 cm³/mol. The molecule has 0 saturated carbocycles. The van der Waals surface area contributed by atoms with Gasteiger partial charge in [-0.2, -0.15) is 9.61 Å². The van der Waals surface area contributed by atoms with E-state index in [2.05, 4.69) is 20.6 Å². The summed E-state index contributed by atoms with van der Waals surface area (Å²) in [6, 6.07) is 15.8. The predicted octanol–water partition coefficient (Wildman–Crippen LogP) is 2.61. The Hall–Kier alpha value is -3.10. The zero-order valence-electron chi connectivity index (χ0n) is 14.9. The Morgan fingerprint density at radius 1 is 1.14 bits per heavy atom. The van der Waals surface area contributed by atoms with Crippen LogP contribution in [-0.2, 0) is 29.1 Å². The van der Waals surface area contributed by atoms with E-state index in [4.69, 9.17) is 4.74 Å². The molecule has 7 nitrogen and oxygen atoms in total. The average molecular weight is 391 g/mol. The molecule has 28 heavy (non-hydrogen) atoms. The van der Waals surface area contributed by atoms with Crippen molar-refractivity contribution in [2.75, 3.05) is 0 Å². The lowest BCUT2D eigenvalue weighted by Gasteiger charge is -2.24. The molecular formula is C20H17N5O2S. The molecule has 0 radical (unpaired) electrons. The van der Waals surface area contributed by atoms with E-state index in [1.54, 1.807) is 15.9 Å². The van der Waals surface area contributed by atoms with E-state index in [1.165, 1.54) is 0 Å². The number of thiophene rings is 1. The second kappa shape index (κ2) is 7.14. The van der Waals surface area contributed by atoms with Crippen molar-refractivity contribution in [1.29, 1.82) is 0 Å². The highest BCUT2D eigenvalue weighted by atomic mass is 32.1. The minimum Gasteiger partial charge on any atom is -0.363 e. The fraction of sp³-hybridized carbons (Fsp3) is 0.200. The topological polar surface area (TPSA) is 81.4 Å². The molecule has 0 saturated heterocycles. The number of benzene rings is 1. The van der Waals surface area contributed by atoms with Crippen LogP contribution in [0.15, 0.2) is 53.9 Å². The third-order valence-corrected chi connectivity index (χ3v) is 5.67. The van der Waals surface area contributed by atoms with Crippen LogP contribution in [0.1, 0.15) is 17.0 Å². The van der Waals surface area contributed by atoms with E-state index in [0.29, 0.717) is 24.5 Å². The van der Waals surface area contributed by atoms with Gasteiger partial charge in [0.15, 0.2) is 11.5 Å². The van der Waals surface area contributed by atoms with Crippen LogP contribution in [0.25, 0.3) is 16.2 Å². The molecule has 1 aliphatic heterocycles. The Morgan fingerprint density at radius 3 is 2.89 bits per heavy atom. The number of carbonyl (C=O) groups is 1. The van der Waals surface area contributed by atoms with Crippen LogP contribution in [0.4, 0.5) is 0 Å². The molecule has 1 atom stereocenters. The summed E-state index contributed by atoms with van der Waals surface area (Å²) < 4.78 is 7.40. The molecule has 140 valence electrons. The highest BCUT2D eigenvalue weighted by molar-refractivity contribution is 7.13. The van der Waals surface area contributed by atoms with Crippen LogP contribution in [0.5, 0.6) is 0 Å². The Morgan fingerprint density at radius 2 is 2.04 bits per heavy atom. The van der Waals surface area contributed by atoms with Crippen molar-refractivity contribution in [2.45, 2.75) is 25.7 Å². The number of hydrogen-bond acceptors (Lipinski definition) is 6. The maximum absolute atomic E-state index is 12.6. The first kappa shape index (κ1) is 17.0. The summed E-state index contributed by atoms with van der Waals surface area (Å²) in [5, 5.41) is 17.8. The van der Waals surface area contributed by atoms with Crippen molar-refractivity contribution in [3.05, 3.63) is 70.9 Å². The van der Waals surface area contributed by atoms with Gasteiger partial charge in [0.1, 0.15) is 11.8 Å². The monoisotopic (exact) mass is 391 g/mol. The fourth-order valence-electron chi connectivity index (χ4n) is 3.29. The summed E-state index contributed by atoms with van der Waals surface area (Å²) in [5.74, 6) is 0.429. The van der Waals surface area contributed by atoms with Gasteiger partial charge in [0, 0.05) is 6.42 Å². The molecule has 5 rings (SSSR count). The van der Waals surface area contributed by atoms with Gasteiger partial charge in [-0.15, -0.1) is 21.5 Å². The molecule has 1 aromatic carbocycles. The maximum atomic E-state index is 12.6. The molecule has 0 spiro atoms. The van der Waals surface area contributed by atoms with Crippen molar-refractivity contribution in [3.63, 3.8) is 0 Å². The molecule has 1 aliphatic rings. The lowest BCUT2D eigenvalue weighted by molar-refractivity contribution is -0.134. The van der Waals surface area contributed by atoms with E-state index in [0.717, 1.165) is 21.7 Å². The van der Waals surface area contributed by atoms with Gasteiger partial charge in [0.25, 0.3) is 0 Å². The number of rotatable bonds is 4. The number of hydrogen-bond donors (Lipinski definition) is 1. The van der Waals surface area contributed by atoms with Gasteiger partial charge in [-0.05, 0) is 34.7 Å². The third kappa shape index (κ3) is 3.17. The Labute approximate surface area is 165 Å². The number of nitrogens with zero attached hydrogens (tertiary/aromatic N) is 4. The SMILES string of the molecule is O=C(NCc1nnc2ccc(-c3cccs3)nn12)C1Cc2ccccc2CO1. The smallest absolute Gasteiger partial charge is 0.249 e. The summed E-state index contributed by atoms with van der Waals surface area (Å²) in [4.78, 5) is 13.6. The lowest BCUT2D eigenvalue weighted by atomic mass is 9.99. The van der Waals surface area contributed by atoms with Crippen LogP contribution in [0.3, 0.4) is 0 Å². The fourth-order valence-corrected chi connectivity index (χ4v) is 3.98. The van der Waals surface area contributed by atoms with Crippen molar-refractivity contribution in [1.82, 2.24) is 25.1 Å². The van der Waals surface area contributed by atoms with Crippen LogP contribution in [-0.4, -0.2) is 31.8 Å². The lowest BCUT2D eigenvalue weighted by Crippen LogP contribution is -2.39. The second-order valence-electron chi connectivity index (χ2n) is 6.57. The quantitative estimate of drug-likeness (QED) is 0.578. The highest BCUT2D eigenvalue weighted by Crippen LogP contribution is 2.23. The van der Waals surface area contributed by atoms with Crippen LogP contribution < -0.4 is 5.32 Å². The van der Waals surface area contributed by atoms with Gasteiger partial charge in [-0.25, -0.2) is 0 Å². The van der Waals surface area contributed by atoms with Gasteiger partial charge in [0.2, 0.25) is 5.91 Å². The molecule has 0 fully saturated rings. The zero-order valence-corrected chi connectivity index (χ0v) is 15.7. The van der Waals surface area contributed by atoms with Crippen molar-refractivity contribution >= 4 is 22.9 Å². The van der Waals surface area contributed by atoms with Crippen LogP contribution in [0, 0.1) is 0 Å². The second-order valence-corrected chi connectivity index (χ2v) is 7.52. The minimum absolute atomic E-state index is 0.152. The maximum Gasteiger partial charge on any atom is 0.249 e. The number of ether oxygens (including phenoxy) is 1. The Kier molecular flexibility index (Phi) is 4.34. The van der Waals surface area contributed by atoms with E-state index >= 15 is 0 Å². The summed E-state index contributed by atoms with van der Waals surface area (Å²) in [6.45, 7) is 0.691. The standard InChI is InChI=1S/C20H17N5O2S/c26-20(16-10-13-4-1-2-5-14(13)12-27-16)21-11-19-23-22-18-8-7-15(24-25(18)19)17-6-3-9-28-17/h1-9,16H,10-12H2,(H,21,26). The van der Waals surface area contributed by atoms with Crippen molar-refractivity contribution < 1.29 is 9.53 Å². The molecular weight excluding hydrogens is 374 g/mol. The average Bonchev–Trinajstić information content (AvgIpc) is 3.41.